The van der Waals surface area contributed by atoms with Gasteiger partial charge in [0.05, 0.1) is 7.11 Å². The molecule has 2 rings (SSSR count). The Morgan fingerprint density at radius 1 is 1.33 bits per heavy atom. The fraction of sp³-hybridized carbons (Fsp3) is 0.571. The quantitative estimate of drug-likeness (QED) is 0.913. The maximum Gasteiger partial charge on any atom is 0.123 e. The Hall–Kier alpha value is -0.770. The highest BCUT2D eigenvalue weighted by Gasteiger charge is 2.18. The monoisotopic (exact) mass is 268 g/mol. The van der Waals surface area contributed by atoms with Gasteiger partial charge in [0.15, 0.2) is 0 Å². The van der Waals surface area contributed by atoms with Gasteiger partial charge in [-0.05, 0) is 44.1 Å². The summed E-state index contributed by atoms with van der Waals surface area (Å²) in [6.07, 6.45) is 3.89. The van der Waals surface area contributed by atoms with E-state index < -0.39 is 0 Å². The van der Waals surface area contributed by atoms with Crippen LogP contribution >= 0.6 is 11.6 Å². The molecule has 1 fully saturated rings. The standard InChI is InChI=1S/C14H21ClN2O/c1-18-14-6-5-11(15)9-12(14)13(16)10-17-7-3-2-4-8-17/h5-6,9,13H,2-4,7-8,10,16H2,1H3. The molecule has 0 radical (unpaired) electrons. The highest BCUT2D eigenvalue weighted by molar-refractivity contribution is 6.30. The van der Waals surface area contributed by atoms with Crippen molar-refractivity contribution in [3.05, 3.63) is 28.8 Å². The van der Waals surface area contributed by atoms with E-state index in [1.807, 2.05) is 18.2 Å². The van der Waals surface area contributed by atoms with Crippen molar-refractivity contribution in [1.82, 2.24) is 4.90 Å². The minimum atomic E-state index is -0.0447. The van der Waals surface area contributed by atoms with Gasteiger partial charge < -0.3 is 15.4 Å². The molecule has 1 unspecified atom stereocenters. The van der Waals surface area contributed by atoms with Crippen LogP contribution in [-0.4, -0.2) is 31.6 Å². The fourth-order valence-corrected chi connectivity index (χ4v) is 2.69. The lowest BCUT2D eigenvalue weighted by atomic mass is 10.0. The van der Waals surface area contributed by atoms with E-state index in [-0.39, 0.29) is 6.04 Å². The Balaban J connectivity index is 2.07. The molecule has 2 N–H and O–H groups in total. The van der Waals surface area contributed by atoms with E-state index in [0.29, 0.717) is 5.02 Å². The topological polar surface area (TPSA) is 38.5 Å². The zero-order chi connectivity index (χ0) is 13.0. The van der Waals surface area contributed by atoms with Crippen LogP contribution in [0.3, 0.4) is 0 Å². The molecule has 0 amide bonds. The first-order valence-electron chi connectivity index (χ1n) is 6.52. The Labute approximate surface area is 114 Å². The van der Waals surface area contributed by atoms with Crippen molar-refractivity contribution in [2.45, 2.75) is 25.3 Å². The molecule has 1 aromatic rings. The molecule has 3 nitrogen and oxygen atoms in total. The van der Waals surface area contributed by atoms with Crippen molar-refractivity contribution in [3.63, 3.8) is 0 Å². The lowest BCUT2D eigenvalue weighted by Gasteiger charge is -2.29. The molecule has 0 aliphatic carbocycles. The summed E-state index contributed by atoms with van der Waals surface area (Å²) in [7, 11) is 1.67. The summed E-state index contributed by atoms with van der Waals surface area (Å²) in [5.41, 5.74) is 7.29. The van der Waals surface area contributed by atoms with E-state index in [2.05, 4.69) is 4.90 Å². The van der Waals surface area contributed by atoms with Gasteiger partial charge in [0.25, 0.3) is 0 Å². The van der Waals surface area contributed by atoms with Gasteiger partial charge in [-0.3, -0.25) is 0 Å². The lowest BCUT2D eigenvalue weighted by molar-refractivity contribution is 0.215. The van der Waals surface area contributed by atoms with Crippen LogP contribution in [0.4, 0.5) is 0 Å². The van der Waals surface area contributed by atoms with E-state index >= 15 is 0 Å². The van der Waals surface area contributed by atoms with Crippen molar-refractivity contribution < 1.29 is 4.74 Å². The summed E-state index contributed by atoms with van der Waals surface area (Å²) >= 11 is 6.04. The van der Waals surface area contributed by atoms with Gasteiger partial charge in [-0.25, -0.2) is 0 Å². The smallest absolute Gasteiger partial charge is 0.123 e. The molecule has 0 bridgehead atoms. The molecule has 0 saturated carbocycles. The minimum absolute atomic E-state index is 0.0447. The molecule has 1 heterocycles. The van der Waals surface area contributed by atoms with Crippen molar-refractivity contribution in [2.24, 2.45) is 5.73 Å². The average Bonchev–Trinajstić information content (AvgIpc) is 2.40. The Kier molecular flexibility index (Phi) is 4.87. The first-order valence-corrected chi connectivity index (χ1v) is 6.90. The van der Waals surface area contributed by atoms with Gasteiger partial charge in [-0.1, -0.05) is 18.0 Å². The van der Waals surface area contributed by atoms with Crippen LogP contribution < -0.4 is 10.5 Å². The van der Waals surface area contributed by atoms with E-state index in [4.69, 9.17) is 22.1 Å². The number of methoxy groups -OCH3 is 1. The second kappa shape index (κ2) is 6.41. The van der Waals surface area contributed by atoms with E-state index in [9.17, 15) is 0 Å². The zero-order valence-electron chi connectivity index (χ0n) is 10.9. The van der Waals surface area contributed by atoms with Crippen molar-refractivity contribution >= 4 is 11.6 Å². The van der Waals surface area contributed by atoms with Gasteiger partial charge in [-0.2, -0.15) is 0 Å². The summed E-state index contributed by atoms with van der Waals surface area (Å²) in [5.74, 6) is 0.823. The number of benzene rings is 1. The second-order valence-electron chi connectivity index (χ2n) is 4.85. The van der Waals surface area contributed by atoms with Crippen molar-refractivity contribution in [2.75, 3.05) is 26.7 Å². The highest BCUT2D eigenvalue weighted by Crippen LogP contribution is 2.28. The molecule has 1 aromatic carbocycles. The third kappa shape index (κ3) is 3.37. The number of hydrogen-bond acceptors (Lipinski definition) is 3. The van der Waals surface area contributed by atoms with E-state index in [0.717, 1.165) is 30.9 Å². The maximum absolute atomic E-state index is 6.29. The zero-order valence-corrected chi connectivity index (χ0v) is 11.6. The second-order valence-corrected chi connectivity index (χ2v) is 5.29. The number of piperidine rings is 1. The Morgan fingerprint density at radius 2 is 2.06 bits per heavy atom. The number of ether oxygens (including phenoxy) is 1. The summed E-state index contributed by atoms with van der Waals surface area (Å²) in [4.78, 5) is 2.43. The fourth-order valence-electron chi connectivity index (χ4n) is 2.51. The largest absolute Gasteiger partial charge is 0.496 e. The van der Waals surface area contributed by atoms with Crippen LogP contribution in [0.15, 0.2) is 18.2 Å². The van der Waals surface area contributed by atoms with E-state index in [1.165, 1.54) is 19.3 Å². The summed E-state index contributed by atoms with van der Waals surface area (Å²) in [5, 5.41) is 0.708. The number of likely N-dealkylation sites (tertiary alicyclic amines) is 1. The summed E-state index contributed by atoms with van der Waals surface area (Å²) in [6.45, 7) is 3.17. The predicted octanol–water partition coefficient (Wildman–Crippen LogP) is 2.83. The molecule has 100 valence electrons. The van der Waals surface area contributed by atoms with Gasteiger partial charge in [0.2, 0.25) is 0 Å². The van der Waals surface area contributed by atoms with Gasteiger partial charge >= 0.3 is 0 Å². The maximum atomic E-state index is 6.29. The number of nitrogens with two attached hydrogens (primary N) is 1. The van der Waals surface area contributed by atoms with Crippen LogP contribution in [0.25, 0.3) is 0 Å². The van der Waals surface area contributed by atoms with Gasteiger partial charge in [-0.15, -0.1) is 0 Å². The predicted molar refractivity (Wildman–Crippen MR) is 75.2 cm³/mol. The molecule has 1 saturated heterocycles. The number of halogens is 1. The van der Waals surface area contributed by atoms with Crippen LogP contribution in [0.1, 0.15) is 30.9 Å². The average molecular weight is 269 g/mol. The summed E-state index contributed by atoms with van der Waals surface area (Å²) in [6, 6.07) is 5.58. The van der Waals surface area contributed by atoms with Crippen LogP contribution in [0, 0.1) is 0 Å². The van der Waals surface area contributed by atoms with Crippen molar-refractivity contribution in [1.29, 1.82) is 0 Å². The van der Waals surface area contributed by atoms with Crippen LogP contribution in [0.2, 0.25) is 5.02 Å². The number of rotatable bonds is 4. The number of hydrogen-bond donors (Lipinski definition) is 1. The molecule has 18 heavy (non-hydrogen) atoms. The molecule has 1 aliphatic rings. The molecular weight excluding hydrogens is 248 g/mol. The third-order valence-electron chi connectivity index (χ3n) is 3.49. The third-order valence-corrected chi connectivity index (χ3v) is 3.73. The highest BCUT2D eigenvalue weighted by atomic mass is 35.5. The van der Waals surface area contributed by atoms with Gasteiger partial charge in [0.1, 0.15) is 5.75 Å². The SMILES string of the molecule is COc1ccc(Cl)cc1C(N)CN1CCCCC1. The molecule has 0 spiro atoms. The van der Waals surface area contributed by atoms with Gasteiger partial charge in [0, 0.05) is 23.2 Å². The Bertz CT molecular complexity index is 391. The van der Waals surface area contributed by atoms with Crippen molar-refractivity contribution in [3.8, 4) is 5.75 Å². The summed E-state index contributed by atoms with van der Waals surface area (Å²) < 4.78 is 5.35. The molecule has 1 aliphatic heterocycles. The molecule has 4 heteroatoms. The molecular formula is C14H21ClN2O. The Morgan fingerprint density at radius 3 is 2.72 bits per heavy atom. The normalized spacial score (nSPS) is 18.6. The molecule has 1 atom stereocenters. The molecule has 0 aromatic heterocycles. The van der Waals surface area contributed by atoms with Crippen LogP contribution in [0.5, 0.6) is 5.75 Å². The lowest BCUT2D eigenvalue weighted by Crippen LogP contribution is -2.36. The first-order chi connectivity index (χ1) is 8.70. The first kappa shape index (κ1) is 13.7. The minimum Gasteiger partial charge on any atom is -0.496 e. The number of nitrogens with zero attached hydrogens (tertiary/aromatic N) is 1. The van der Waals surface area contributed by atoms with E-state index in [1.54, 1.807) is 7.11 Å². The van der Waals surface area contributed by atoms with Crippen LogP contribution in [-0.2, 0) is 0 Å².